The Morgan fingerprint density at radius 2 is 1.81 bits per heavy atom. The van der Waals surface area contributed by atoms with Gasteiger partial charge in [0, 0.05) is 18.7 Å². The number of ether oxygens (including phenoxy) is 3. The van der Waals surface area contributed by atoms with E-state index in [4.69, 9.17) is 19.3 Å². The summed E-state index contributed by atoms with van der Waals surface area (Å²) in [5, 5.41) is 8.96. The number of benzene rings is 1. The van der Waals surface area contributed by atoms with Crippen LogP contribution >= 0.6 is 0 Å². The maximum Gasteiger partial charge on any atom is 0.307 e. The third-order valence-corrected chi connectivity index (χ3v) is 3.23. The van der Waals surface area contributed by atoms with E-state index in [0.29, 0.717) is 30.3 Å². The first kappa shape index (κ1) is 17.1. The van der Waals surface area contributed by atoms with Crippen molar-refractivity contribution in [3.63, 3.8) is 0 Å². The molecule has 6 heteroatoms. The number of nitrogens with zero attached hydrogens (tertiary/aromatic N) is 1. The van der Waals surface area contributed by atoms with Crippen molar-refractivity contribution in [2.45, 2.75) is 13.5 Å². The summed E-state index contributed by atoms with van der Waals surface area (Å²) >= 11 is 0. The average Bonchev–Trinajstić information content (AvgIpc) is 2.46. The topological polar surface area (TPSA) is 68.2 Å². The monoisotopic (exact) mass is 297 g/mol. The molecule has 0 bridgehead atoms. The number of aliphatic carboxylic acids is 1. The summed E-state index contributed by atoms with van der Waals surface area (Å²) in [7, 11) is 6.56. The highest BCUT2D eigenvalue weighted by Gasteiger charge is 2.19. The molecule has 0 amide bonds. The Morgan fingerprint density at radius 3 is 2.29 bits per heavy atom. The van der Waals surface area contributed by atoms with Crippen molar-refractivity contribution in [3.05, 3.63) is 17.7 Å². The Balaban J connectivity index is 2.95. The van der Waals surface area contributed by atoms with Crippen molar-refractivity contribution in [2.24, 2.45) is 5.92 Å². The van der Waals surface area contributed by atoms with E-state index in [1.54, 1.807) is 28.3 Å². The predicted octanol–water partition coefficient (Wildman–Crippen LogP) is 1.86. The van der Waals surface area contributed by atoms with Crippen molar-refractivity contribution in [3.8, 4) is 17.2 Å². The summed E-state index contributed by atoms with van der Waals surface area (Å²) in [4.78, 5) is 12.8. The van der Waals surface area contributed by atoms with Crippen molar-refractivity contribution in [1.29, 1.82) is 0 Å². The molecule has 1 aromatic rings. The average molecular weight is 297 g/mol. The lowest BCUT2D eigenvalue weighted by atomic mass is 10.1. The molecule has 0 heterocycles. The van der Waals surface area contributed by atoms with Crippen LogP contribution in [-0.2, 0) is 11.3 Å². The van der Waals surface area contributed by atoms with Crippen molar-refractivity contribution < 1.29 is 24.1 Å². The largest absolute Gasteiger partial charge is 0.493 e. The lowest BCUT2D eigenvalue weighted by molar-refractivity contribution is -0.141. The normalized spacial score (nSPS) is 12.1. The van der Waals surface area contributed by atoms with Gasteiger partial charge in [0.05, 0.1) is 27.2 Å². The minimum Gasteiger partial charge on any atom is -0.493 e. The molecule has 0 aliphatic heterocycles. The fourth-order valence-electron chi connectivity index (χ4n) is 2.19. The third kappa shape index (κ3) is 4.26. The van der Waals surface area contributed by atoms with Crippen LogP contribution in [0.3, 0.4) is 0 Å². The molecule has 1 rings (SSSR count). The van der Waals surface area contributed by atoms with Crippen molar-refractivity contribution in [2.75, 3.05) is 34.9 Å². The van der Waals surface area contributed by atoms with E-state index in [-0.39, 0.29) is 0 Å². The van der Waals surface area contributed by atoms with Gasteiger partial charge in [-0.25, -0.2) is 0 Å². The van der Waals surface area contributed by atoms with E-state index in [0.717, 1.165) is 5.56 Å². The Bertz CT molecular complexity index is 489. The summed E-state index contributed by atoms with van der Waals surface area (Å²) in [6, 6.07) is 3.70. The minimum absolute atomic E-state index is 0.430. The Kier molecular flexibility index (Phi) is 6.30. The molecule has 1 unspecified atom stereocenters. The van der Waals surface area contributed by atoms with E-state index in [9.17, 15) is 4.79 Å². The zero-order valence-electron chi connectivity index (χ0n) is 13.2. The molecule has 21 heavy (non-hydrogen) atoms. The molecule has 1 atom stereocenters. The SMILES string of the molecule is COc1ccc(CN(C)CC(C)C(=O)O)c(OC)c1OC. The molecule has 0 saturated carbocycles. The molecule has 0 aromatic heterocycles. The number of carbonyl (C=O) groups is 1. The number of carboxylic acids is 1. The smallest absolute Gasteiger partial charge is 0.307 e. The first-order valence-corrected chi connectivity index (χ1v) is 6.63. The zero-order valence-corrected chi connectivity index (χ0v) is 13.2. The molecule has 0 aliphatic carbocycles. The van der Waals surface area contributed by atoms with Crippen LogP contribution in [0.25, 0.3) is 0 Å². The van der Waals surface area contributed by atoms with Gasteiger partial charge >= 0.3 is 5.97 Å². The van der Waals surface area contributed by atoms with E-state index >= 15 is 0 Å². The van der Waals surface area contributed by atoms with Gasteiger partial charge in [-0.1, -0.05) is 13.0 Å². The number of carboxylic acid groups (broad SMARTS) is 1. The summed E-state index contributed by atoms with van der Waals surface area (Å²) < 4.78 is 16.0. The highest BCUT2D eigenvalue weighted by molar-refractivity contribution is 5.69. The van der Waals surface area contributed by atoms with Crippen LogP contribution in [0, 0.1) is 5.92 Å². The van der Waals surface area contributed by atoms with Crippen LogP contribution < -0.4 is 14.2 Å². The van der Waals surface area contributed by atoms with Gasteiger partial charge in [-0.05, 0) is 13.1 Å². The predicted molar refractivity (Wildman–Crippen MR) is 79.2 cm³/mol. The molecule has 0 aliphatic rings. The van der Waals surface area contributed by atoms with E-state index < -0.39 is 11.9 Å². The fourth-order valence-corrected chi connectivity index (χ4v) is 2.19. The van der Waals surface area contributed by atoms with Crippen LogP contribution in [0.1, 0.15) is 12.5 Å². The van der Waals surface area contributed by atoms with E-state index in [1.807, 2.05) is 24.1 Å². The molecule has 0 fully saturated rings. The van der Waals surface area contributed by atoms with Gasteiger partial charge in [-0.3, -0.25) is 4.79 Å². The molecule has 6 nitrogen and oxygen atoms in total. The molecule has 118 valence electrons. The summed E-state index contributed by atoms with van der Waals surface area (Å²) in [5.74, 6) is 0.505. The third-order valence-electron chi connectivity index (χ3n) is 3.23. The number of hydrogen-bond acceptors (Lipinski definition) is 5. The van der Waals surface area contributed by atoms with Gasteiger partial charge in [0.2, 0.25) is 5.75 Å². The van der Waals surface area contributed by atoms with Crippen LogP contribution in [0.5, 0.6) is 17.2 Å². The fraction of sp³-hybridized carbons (Fsp3) is 0.533. The van der Waals surface area contributed by atoms with Gasteiger partial charge in [0.25, 0.3) is 0 Å². The van der Waals surface area contributed by atoms with Gasteiger partial charge in [0.1, 0.15) is 0 Å². The van der Waals surface area contributed by atoms with Gasteiger partial charge < -0.3 is 24.2 Å². The molecule has 0 spiro atoms. The first-order valence-electron chi connectivity index (χ1n) is 6.63. The number of methoxy groups -OCH3 is 3. The summed E-state index contributed by atoms with van der Waals surface area (Å²) in [6.07, 6.45) is 0. The lowest BCUT2D eigenvalue weighted by Crippen LogP contribution is -2.28. The van der Waals surface area contributed by atoms with Crippen LogP contribution in [0.2, 0.25) is 0 Å². The maximum atomic E-state index is 10.9. The quantitative estimate of drug-likeness (QED) is 0.790. The van der Waals surface area contributed by atoms with Gasteiger partial charge in [0.15, 0.2) is 11.5 Å². The highest BCUT2D eigenvalue weighted by atomic mass is 16.5. The van der Waals surface area contributed by atoms with Crippen LogP contribution in [-0.4, -0.2) is 50.9 Å². The Labute approximate surface area is 125 Å². The van der Waals surface area contributed by atoms with Crippen molar-refractivity contribution >= 4 is 5.97 Å². The van der Waals surface area contributed by atoms with E-state index in [1.165, 1.54) is 0 Å². The summed E-state index contributed by atoms with van der Waals surface area (Å²) in [6.45, 7) is 2.69. The second kappa shape index (κ2) is 7.73. The highest BCUT2D eigenvalue weighted by Crippen LogP contribution is 2.40. The lowest BCUT2D eigenvalue weighted by Gasteiger charge is -2.22. The maximum absolute atomic E-state index is 10.9. The van der Waals surface area contributed by atoms with Crippen LogP contribution in [0.15, 0.2) is 12.1 Å². The van der Waals surface area contributed by atoms with Crippen LogP contribution in [0.4, 0.5) is 0 Å². The zero-order chi connectivity index (χ0) is 16.0. The molecule has 0 radical (unpaired) electrons. The number of rotatable bonds is 8. The Morgan fingerprint density at radius 1 is 1.19 bits per heavy atom. The molecular weight excluding hydrogens is 274 g/mol. The second-order valence-electron chi connectivity index (χ2n) is 4.93. The molecule has 1 aromatic carbocycles. The van der Waals surface area contributed by atoms with Gasteiger partial charge in [-0.2, -0.15) is 0 Å². The number of hydrogen-bond donors (Lipinski definition) is 1. The van der Waals surface area contributed by atoms with Gasteiger partial charge in [-0.15, -0.1) is 0 Å². The minimum atomic E-state index is -0.805. The standard InChI is InChI=1S/C15H23NO5/c1-10(15(17)18)8-16(2)9-11-6-7-12(19-3)14(21-5)13(11)20-4/h6-7,10H,8-9H2,1-5H3,(H,17,18). The van der Waals surface area contributed by atoms with Crippen molar-refractivity contribution in [1.82, 2.24) is 4.90 Å². The first-order chi connectivity index (χ1) is 9.94. The Hall–Kier alpha value is -1.95. The van der Waals surface area contributed by atoms with E-state index in [2.05, 4.69) is 0 Å². The molecule has 0 saturated heterocycles. The second-order valence-corrected chi connectivity index (χ2v) is 4.93. The molecular formula is C15H23NO5. The molecule has 1 N–H and O–H groups in total. The summed E-state index contributed by atoms with van der Waals surface area (Å²) in [5.41, 5.74) is 0.912.